The monoisotopic (exact) mass is 599 g/mol. The molecule has 0 saturated heterocycles. The van der Waals surface area contributed by atoms with Gasteiger partial charge >= 0.3 is 0 Å². The molecule has 0 fully saturated rings. The smallest absolute Gasteiger partial charge is 0.0998 e. The molecule has 0 bridgehead atoms. The minimum absolute atomic E-state index is 0.585. The highest BCUT2D eigenvalue weighted by Gasteiger charge is 2.19. The fraction of sp³-hybridized carbons (Fsp3) is 0.163. The SMILES string of the molecule is C=CC(=C\C=C/CC)/C(C#N)=C/c1ccc(C)c(Cc2c(C)c3c(c(C)c2=C)Nc2cc(/C=C(\C)c4ccccc4)ccc2N=3)c1. The molecule has 0 unspecified atom stereocenters. The summed E-state index contributed by atoms with van der Waals surface area (Å²) < 4.78 is 0. The molecule has 3 nitrogen and oxygen atoms in total. The van der Waals surface area contributed by atoms with Gasteiger partial charge in [0, 0.05) is 0 Å². The molecular weight excluding hydrogens is 558 g/mol. The van der Waals surface area contributed by atoms with Gasteiger partial charge in [0.15, 0.2) is 0 Å². The number of allylic oxidation sites excluding steroid dienone is 7. The van der Waals surface area contributed by atoms with Gasteiger partial charge in [-0.05, 0) is 120 Å². The van der Waals surface area contributed by atoms with Crippen molar-refractivity contribution >= 4 is 41.4 Å². The van der Waals surface area contributed by atoms with Gasteiger partial charge in [0.2, 0.25) is 0 Å². The van der Waals surface area contributed by atoms with Crippen molar-refractivity contribution in [3.05, 3.63) is 164 Å². The zero-order valence-electron chi connectivity index (χ0n) is 27.5. The van der Waals surface area contributed by atoms with Gasteiger partial charge < -0.3 is 5.32 Å². The zero-order chi connectivity index (χ0) is 32.8. The van der Waals surface area contributed by atoms with Gasteiger partial charge in [-0.1, -0.05) is 105 Å². The van der Waals surface area contributed by atoms with Gasteiger partial charge in [0.25, 0.3) is 0 Å². The van der Waals surface area contributed by atoms with E-state index in [2.05, 4.69) is 132 Å². The number of fused-ring (bicyclic) bond motifs is 2. The van der Waals surface area contributed by atoms with Gasteiger partial charge in [0.1, 0.15) is 0 Å². The van der Waals surface area contributed by atoms with Crippen LogP contribution in [0.2, 0.25) is 0 Å². The summed E-state index contributed by atoms with van der Waals surface area (Å²) >= 11 is 0. The number of nitriles is 1. The van der Waals surface area contributed by atoms with Crippen molar-refractivity contribution in [2.75, 3.05) is 5.32 Å². The summed E-state index contributed by atoms with van der Waals surface area (Å²) in [6.07, 6.45) is 13.5. The summed E-state index contributed by atoms with van der Waals surface area (Å²) in [4.78, 5) is 5.16. The molecule has 3 heteroatoms. The van der Waals surface area contributed by atoms with Crippen LogP contribution >= 0.6 is 0 Å². The lowest BCUT2D eigenvalue weighted by Gasteiger charge is -2.22. The Hall–Kier alpha value is -5.46. The lowest BCUT2D eigenvalue weighted by Crippen LogP contribution is -2.28. The van der Waals surface area contributed by atoms with Gasteiger partial charge in [0.05, 0.1) is 34.1 Å². The molecule has 5 rings (SSSR count). The van der Waals surface area contributed by atoms with Crippen LogP contribution in [0.3, 0.4) is 0 Å². The Morgan fingerprint density at radius 1 is 0.957 bits per heavy atom. The molecule has 1 heterocycles. The first-order valence-corrected chi connectivity index (χ1v) is 15.8. The third-order valence-corrected chi connectivity index (χ3v) is 8.71. The first-order chi connectivity index (χ1) is 22.2. The fourth-order valence-electron chi connectivity index (χ4n) is 5.86. The predicted octanol–water partition coefficient (Wildman–Crippen LogP) is 10.2. The van der Waals surface area contributed by atoms with Crippen LogP contribution in [0.1, 0.15) is 64.8 Å². The van der Waals surface area contributed by atoms with Crippen molar-refractivity contribution in [3.63, 3.8) is 0 Å². The van der Waals surface area contributed by atoms with Crippen LogP contribution in [0.4, 0.5) is 17.1 Å². The van der Waals surface area contributed by atoms with E-state index in [1.54, 1.807) is 6.08 Å². The molecular formula is C43H41N3. The molecule has 0 amide bonds. The topological polar surface area (TPSA) is 48.2 Å². The van der Waals surface area contributed by atoms with E-state index < -0.39 is 0 Å². The highest BCUT2D eigenvalue weighted by molar-refractivity contribution is 5.84. The normalized spacial score (nSPS) is 13.0. The Morgan fingerprint density at radius 3 is 2.41 bits per heavy atom. The van der Waals surface area contributed by atoms with Gasteiger partial charge in [-0.15, -0.1) is 0 Å². The Balaban J connectivity index is 1.51. The van der Waals surface area contributed by atoms with Crippen molar-refractivity contribution in [2.45, 2.75) is 47.5 Å². The highest BCUT2D eigenvalue weighted by Crippen LogP contribution is 2.34. The second-order valence-corrected chi connectivity index (χ2v) is 11.8. The molecule has 46 heavy (non-hydrogen) atoms. The number of hydrogen-bond donors (Lipinski definition) is 1. The second kappa shape index (κ2) is 14.1. The van der Waals surface area contributed by atoms with E-state index >= 15 is 0 Å². The molecule has 0 atom stereocenters. The molecule has 0 aromatic heterocycles. The summed E-state index contributed by atoms with van der Waals surface area (Å²) in [5.74, 6) is 0. The van der Waals surface area contributed by atoms with E-state index in [4.69, 9.17) is 4.99 Å². The van der Waals surface area contributed by atoms with Crippen LogP contribution in [0, 0.1) is 32.1 Å². The maximum Gasteiger partial charge on any atom is 0.0998 e. The van der Waals surface area contributed by atoms with E-state index in [-0.39, 0.29) is 0 Å². The standard InChI is InChI=1S/C43H41N3/c1-8-10-12-15-35(9-2)38(27-44)24-34-19-18-28(3)37(23-34)26-39-30(5)31(6)42-43(32(39)7)45-40-21-20-33(25-41(40)46-42)22-29(4)36-16-13-11-14-17-36/h9-25,46H,2,5,8,26H2,1,3-4,6-7H3/b12-10-,29-22+,35-15+,38-24+. The lowest BCUT2D eigenvalue weighted by molar-refractivity contribution is 1.07. The summed E-state index contributed by atoms with van der Waals surface area (Å²) in [5.41, 5.74) is 14.7. The molecule has 0 saturated carbocycles. The van der Waals surface area contributed by atoms with Crippen LogP contribution in [-0.2, 0) is 6.42 Å². The number of nitrogens with zero attached hydrogens (tertiary/aromatic N) is 2. The van der Waals surface area contributed by atoms with Crippen LogP contribution in [0.5, 0.6) is 0 Å². The predicted molar refractivity (Wildman–Crippen MR) is 197 cm³/mol. The average molecular weight is 600 g/mol. The Labute approximate surface area is 273 Å². The third kappa shape index (κ3) is 6.77. The minimum atomic E-state index is 0.585. The van der Waals surface area contributed by atoms with E-state index in [0.29, 0.717) is 5.57 Å². The lowest BCUT2D eigenvalue weighted by atomic mass is 9.91. The average Bonchev–Trinajstić information content (AvgIpc) is 3.07. The fourth-order valence-corrected chi connectivity index (χ4v) is 5.86. The summed E-state index contributed by atoms with van der Waals surface area (Å²) in [6, 6.07) is 25.6. The van der Waals surface area contributed by atoms with Crippen molar-refractivity contribution < 1.29 is 0 Å². The quantitative estimate of drug-likeness (QED) is 0.104. The van der Waals surface area contributed by atoms with Gasteiger partial charge in [-0.2, -0.15) is 5.26 Å². The van der Waals surface area contributed by atoms with Crippen molar-refractivity contribution in [2.24, 2.45) is 4.99 Å². The van der Waals surface area contributed by atoms with E-state index in [1.165, 1.54) is 27.8 Å². The first kappa shape index (κ1) is 31.9. The maximum atomic E-state index is 9.93. The molecule has 0 spiro atoms. The number of aryl methyl sites for hydroxylation is 1. The Bertz CT molecular complexity index is 2100. The molecule has 4 aromatic rings. The molecule has 1 aliphatic heterocycles. The molecule has 228 valence electrons. The number of benzene rings is 4. The summed E-state index contributed by atoms with van der Waals surface area (Å²) in [6.45, 7) is 19.1. The molecule has 4 aromatic carbocycles. The Kier molecular flexibility index (Phi) is 9.79. The van der Waals surface area contributed by atoms with Gasteiger partial charge in [-0.25, -0.2) is 4.99 Å². The number of anilines is 2. The molecule has 1 aliphatic rings. The summed E-state index contributed by atoms with van der Waals surface area (Å²) in [7, 11) is 0. The number of hydrogen-bond acceptors (Lipinski definition) is 3. The van der Waals surface area contributed by atoms with Crippen LogP contribution in [-0.4, -0.2) is 0 Å². The maximum absolute atomic E-state index is 9.93. The van der Waals surface area contributed by atoms with Crippen molar-refractivity contribution in [3.8, 4) is 6.07 Å². The third-order valence-electron chi connectivity index (χ3n) is 8.71. The van der Waals surface area contributed by atoms with Crippen LogP contribution in [0.25, 0.3) is 24.3 Å². The molecule has 1 N–H and O–H groups in total. The van der Waals surface area contributed by atoms with Crippen LogP contribution in [0.15, 0.2) is 114 Å². The zero-order valence-corrected chi connectivity index (χ0v) is 27.5. The minimum Gasteiger partial charge on any atom is -0.352 e. The van der Waals surface area contributed by atoms with Gasteiger partial charge in [-0.3, -0.25) is 0 Å². The molecule has 0 radical (unpaired) electrons. The largest absolute Gasteiger partial charge is 0.352 e. The second-order valence-electron chi connectivity index (χ2n) is 11.8. The molecule has 0 aliphatic carbocycles. The van der Waals surface area contributed by atoms with Crippen molar-refractivity contribution in [1.29, 1.82) is 5.26 Å². The summed E-state index contributed by atoms with van der Waals surface area (Å²) in [5, 5.41) is 15.6. The van der Waals surface area contributed by atoms with Crippen LogP contribution < -0.4 is 15.9 Å². The van der Waals surface area contributed by atoms with E-state index in [0.717, 1.165) is 68.3 Å². The highest BCUT2D eigenvalue weighted by atomic mass is 15.0. The van der Waals surface area contributed by atoms with Crippen molar-refractivity contribution in [1.82, 2.24) is 0 Å². The number of rotatable bonds is 9. The van der Waals surface area contributed by atoms with E-state index in [1.807, 2.05) is 24.3 Å². The number of nitrogens with one attached hydrogen (secondary N) is 1. The first-order valence-electron chi connectivity index (χ1n) is 15.8. The van der Waals surface area contributed by atoms with E-state index in [9.17, 15) is 5.26 Å². The Morgan fingerprint density at radius 2 is 1.70 bits per heavy atom.